The highest BCUT2D eigenvalue weighted by atomic mass is 19.1. The molecule has 28 heavy (non-hydrogen) atoms. The van der Waals surface area contributed by atoms with Gasteiger partial charge in [0, 0.05) is 24.0 Å². The number of halogens is 1. The zero-order valence-electron chi connectivity index (χ0n) is 14.9. The van der Waals surface area contributed by atoms with E-state index in [4.69, 9.17) is 4.52 Å². The third-order valence-electron chi connectivity index (χ3n) is 4.00. The van der Waals surface area contributed by atoms with E-state index in [-0.39, 0.29) is 11.9 Å². The fourth-order valence-corrected chi connectivity index (χ4v) is 2.65. The quantitative estimate of drug-likeness (QED) is 0.520. The molecule has 3 heterocycles. The molecule has 0 aliphatic rings. The van der Waals surface area contributed by atoms with E-state index >= 15 is 0 Å². The molecular formula is C19H16FN7O. The van der Waals surface area contributed by atoms with Gasteiger partial charge in [0.1, 0.15) is 23.3 Å². The lowest BCUT2D eigenvalue weighted by molar-refractivity contribution is 0.419. The largest absolute Gasteiger partial charge is 0.363 e. The van der Waals surface area contributed by atoms with Crippen LogP contribution in [-0.4, -0.2) is 25.1 Å². The van der Waals surface area contributed by atoms with Crippen LogP contribution in [-0.2, 0) is 0 Å². The van der Waals surface area contributed by atoms with Crippen molar-refractivity contribution in [1.29, 1.82) is 0 Å². The molecule has 0 aliphatic carbocycles. The van der Waals surface area contributed by atoms with Crippen LogP contribution < -0.4 is 10.6 Å². The molecule has 0 saturated heterocycles. The number of anilines is 3. The second-order valence-corrected chi connectivity index (χ2v) is 6.01. The molecule has 0 saturated carbocycles. The van der Waals surface area contributed by atoms with Crippen LogP contribution in [0.5, 0.6) is 0 Å². The molecule has 4 rings (SSSR count). The first-order chi connectivity index (χ1) is 13.7. The van der Waals surface area contributed by atoms with Gasteiger partial charge in [-0.25, -0.2) is 14.4 Å². The normalized spacial score (nSPS) is 11.8. The topological polar surface area (TPSA) is 102 Å². The van der Waals surface area contributed by atoms with E-state index in [0.29, 0.717) is 28.8 Å². The van der Waals surface area contributed by atoms with Crippen molar-refractivity contribution in [2.24, 2.45) is 0 Å². The summed E-state index contributed by atoms with van der Waals surface area (Å²) < 4.78 is 18.0. The van der Waals surface area contributed by atoms with Gasteiger partial charge >= 0.3 is 0 Å². The Hall–Kier alpha value is -3.88. The molecule has 0 bridgehead atoms. The average Bonchev–Trinajstić information content (AvgIpc) is 3.24. The Balaban J connectivity index is 1.64. The second-order valence-electron chi connectivity index (χ2n) is 6.01. The Labute approximate surface area is 159 Å². The number of hydrogen-bond donors (Lipinski definition) is 2. The summed E-state index contributed by atoms with van der Waals surface area (Å²) in [6.07, 6.45) is 6.03. The van der Waals surface area contributed by atoms with Crippen molar-refractivity contribution in [1.82, 2.24) is 25.1 Å². The highest BCUT2D eigenvalue weighted by Gasteiger charge is 2.12. The maximum absolute atomic E-state index is 13.2. The van der Waals surface area contributed by atoms with Crippen molar-refractivity contribution in [2.75, 3.05) is 10.6 Å². The Kier molecular flexibility index (Phi) is 4.87. The van der Waals surface area contributed by atoms with Gasteiger partial charge in [-0.15, -0.1) is 0 Å². The van der Waals surface area contributed by atoms with Crippen LogP contribution in [0.4, 0.5) is 21.8 Å². The standard InChI is InChI=1S/C19H16FN7O/c1-12(13-2-4-15(20)5-3-13)24-16-8-14(19-23-11-28-27-19)9-17(25-16)26-18-10-21-6-7-22-18/h2-12H,1H3,(H2,22,24,25,26)/t12-/m0/s1. The first kappa shape index (κ1) is 17.5. The number of rotatable bonds is 6. The molecule has 3 aromatic heterocycles. The molecule has 9 heteroatoms. The molecular weight excluding hydrogens is 361 g/mol. The Morgan fingerprint density at radius 1 is 1.00 bits per heavy atom. The van der Waals surface area contributed by atoms with Crippen molar-refractivity contribution >= 4 is 17.5 Å². The summed E-state index contributed by atoms with van der Waals surface area (Å²) in [4.78, 5) is 16.9. The first-order valence-electron chi connectivity index (χ1n) is 8.51. The zero-order valence-corrected chi connectivity index (χ0v) is 14.9. The van der Waals surface area contributed by atoms with Crippen LogP contribution >= 0.6 is 0 Å². The van der Waals surface area contributed by atoms with Crippen molar-refractivity contribution in [3.05, 3.63) is 72.8 Å². The lowest BCUT2D eigenvalue weighted by Gasteiger charge is -2.16. The Morgan fingerprint density at radius 2 is 1.82 bits per heavy atom. The molecule has 1 aromatic carbocycles. The van der Waals surface area contributed by atoms with E-state index in [2.05, 4.69) is 35.7 Å². The molecule has 0 amide bonds. The van der Waals surface area contributed by atoms with Gasteiger partial charge in [-0.1, -0.05) is 17.3 Å². The summed E-state index contributed by atoms with van der Waals surface area (Å²) in [7, 11) is 0. The average molecular weight is 377 g/mol. The van der Waals surface area contributed by atoms with Crippen LogP contribution in [0.3, 0.4) is 0 Å². The maximum Gasteiger partial charge on any atom is 0.214 e. The number of pyridine rings is 1. The van der Waals surface area contributed by atoms with Crippen LogP contribution in [0.15, 0.2) is 65.9 Å². The second kappa shape index (κ2) is 7.78. The van der Waals surface area contributed by atoms with Crippen molar-refractivity contribution in [3.63, 3.8) is 0 Å². The maximum atomic E-state index is 13.2. The predicted octanol–water partition coefficient (Wildman–Crippen LogP) is 3.98. The van der Waals surface area contributed by atoms with Gasteiger partial charge in [0.25, 0.3) is 0 Å². The number of nitrogens with one attached hydrogen (secondary N) is 2. The molecule has 0 aliphatic heterocycles. The summed E-state index contributed by atoms with van der Waals surface area (Å²) in [6, 6.07) is 9.82. The van der Waals surface area contributed by atoms with Gasteiger partial charge in [-0.05, 0) is 36.8 Å². The smallest absolute Gasteiger partial charge is 0.214 e. The minimum atomic E-state index is -0.274. The third kappa shape index (κ3) is 4.09. The van der Waals surface area contributed by atoms with E-state index in [1.165, 1.54) is 18.5 Å². The predicted molar refractivity (Wildman–Crippen MR) is 101 cm³/mol. The number of aromatic nitrogens is 5. The minimum absolute atomic E-state index is 0.0991. The monoisotopic (exact) mass is 377 g/mol. The molecule has 140 valence electrons. The third-order valence-corrected chi connectivity index (χ3v) is 4.00. The molecule has 8 nitrogen and oxygen atoms in total. The van der Waals surface area contributed by atoms with E-state index < -0.39 is 0 Å². The van der Waals surface area contributed by atoms with Gasteiger partial charge in [0.05, 0.1) is 6.20 Å². The van der Waals surface area contributed by atoms with Gasteiger partial charge < -0.3 is 15.2 Å². The van der Waals surface area contributed by atoms with Gasteiger partial charge in [-0.2, -0.15) is 4.98 Å². The molecule has 4 aromatic rings. The summed E-state index contributed by atoms with van der Waals surface area (Å²) in [5.41, 5.74) is 1.64. The molecule has 0 spiro atoms. The summed E-state index contributed by atoms with van der Waals surface area (Å²) in [5, 5.41) is 10.3. The number of benzene rings is 1. The SMILES string of the molecule is C[C@H](Nc1cc(-c2ncon2)cc(Nc2cnccn2)n1)c1ccc(F)cc1. The van der Waals surface area contributed by atoms with Crippen LogP contribution in [0.25, 0.3) is 11.4 Å². The van der Waals surface area contributed by atoms with Crippen molar-refractivity contribution < 1.29 is 8.91 Å². The Morgan fingerprint density at radius 3 is 2.54 bits per heavy atom. The molecule has 0 fully saturated rings. The van der Waals surface area contributed by atoms with Crippen molar-refractivity contribution in [3.8, 4) is 11.4 Å². The Bertz CT molecular complexity index is 1040. The summed E-state index contributed by atoms with van der Waals surface area (Å²) >= 11 is 0. The number of nitrogens with zero attached hydrogens (tertiary/aromatic N) is 5. The van der Waals surface area contributed by atoms with Crippen LogP contribution in [0.1, 0.15) is 18.5 Å². The molecule has 2 N–H and O–H groups in total. The summed E-state index contributed by atoms with van der Waals surface area (Å²) in [6.45, 7) is 1.96. The van der Waals surface area contributed by atoms with Crippen LogP contribution in [0, 0.1) is 5.82 Å². The van der Waals surface area contributed by atoms with Gasteiger partial charge in [0.15, 0.2) is 0 Å². The van der Waals surface area contributed by atoms with E-state index in [1.54, 1.807) is 36.8 Å². The fourth-order valence-electron chi connectivity index (χ4n) is 2.65. The molecule has 0 radical (unpaired) electrons. The minimum Gasteiger partial charge on any atom is -0.363 e. The molecule has 1 atom stereocenters. The zero-order chi connectivity index (χ0) is 19.3. The molecule has 0 unspecified atom stereocenters. The highest BCUT2D eigenvalue weighted by Crippen LogP contribution is 2.26. The van der Waals surface area contributed by atoms with Gasteiger partial charge in [-0.3, -0.25) is 4.98 Å². The number of hydrogen-bond acceptors (Lipinski definition) is 8. The van der Waals surface area contributed by atoms with E-state index in [9.17, 15) is 4.39 Å². The lowest BCUT2D eigenvalue weighted by atomic mass is 10.1. The highest BCUT2D eigenvalue weighted by molar-refractivity contribution is 5.67. The fraction of sp³-hybridized carbons (Fsp3) is 0.105. The summed E-state index contributed by atoms with van der Waals surface area (Å²) in [5.74, 6) is 1.84. The first-order valence-corrected chi connectivity index (χ1v) is 8.51. The lowest BCUT2D eigenvalue weighted by Crippen LogP contribution is -2.09. The van der Waals surface area contributed by atoms with E-state index in [0.717, 1.165) is 5.56 Å². The van der Waals surface area contributed by atoms with E-state index in [1.807, 2.05) is 13.0 Å². The van der Waals surface area contributed by atoms with Crippen LogP contribution in [0.2, 0.25) is 0 Å². The van der Waals surface area contributed by atoms with Crippen molar-refractivity contribution in [2.45, 2.75) is 13.0 Å². The van der Waals surface area contributed by atoms with Gasteiger partial charge in [0.2, 0.25) is 12.2 Å².